The van der Waals surface area contributed by atoms with E-state index < -0.39 is 11.7 Å². The maximum absolute atomic E-state index is 12.6. The number of hydrogen-bond acceptors (Lipinski definition) is 3. The molecular formula is C13H13F3N2O. The van der Waals surface area contributed by atoms with Crippen LogP contribution in [0.25, 0.3) is 0 Å². The molecule has 1 atom stereocenters. The topological polar surface area (TPSA) is 36.3 Å². The minimum atomic E-state index is -4.43. The Morgan fingerprint density at radius 1 is 1.42 bits per heavy atom. The van der Waals surface area contributed by atoms with E-state index in [2.05, 4.69) is 0 Å². The number of alkyl halides is 3. The Morgan fingerprint density at radius 2 is 2.16 bits per heavy atom. The van der Waals surface area contributed by atoms with E-state index in [9.17, 15) is 13.2 Å². The molecule has 1 aromatic carbocycles. The largest absolute Gasteiger partial charge is 0.416 e. The summed E-state index contributed by atoms with van der Waals surface area (Å²) < 4.78 is 43.1. The van der Waals surface area contributed by atoms with Gasteiger partial charge in [-0.1, -0.05) is 0 Å². The molecular weight excluding hydrogens is 257 g/mol. The first-order valence-electron chi connectivity index (χ1n) is 5.89. The van der Waals surface area contributed by atoms with E-state index in [1.54, 1.807) is 0 Å². The van der Waals surface area contributed by atoms with Gasteiger partial charge in [-0.3, -0.25) is 0 Å². The summed E-state index contributed by atoms with van der Waals surface area (Å²) in [6.07, 6.45) is -4.43. The summed E-state index contributed by atoms with van der Waals surface area (Å²) in [5, 5.41) is 9.05. The van der Waals surface area contributed by atoms with Gasteiger partial charge in [0.2, 0.25) is 0 Å². The smallest absolute Gasteiger partial charge is 0.377 e. The lowest BCUT2D eigenvalue weighted by molar-refractivity contribution is -0.137. The zero-order chi connectivity index (χ0) is 14.0. The van der Waals surface area contributed by atoms with E-state index in [0.717, 1.165) is 12.1 Å². The highest BCUT2D eigenvalue weighted by Gasteiger charge is 2.32. The van der Waals surface area contributed by atoms with Crippen LogP contribution in [0.5, 0.6) is 0 Å². The molecule has 2 rings (SSSR count). The third-order valence-corrected chi connectivity index (χ3v) is 3.12. The summed E-state index contributed by atoms with van der Waals surface area (Å²) in [5.74, 6) is 0. The molecule has 0 aromatic heterocycles. The zero-order valence-electron chi connectivity index (χ0n) is 10.4. The standard InChI is InChI=1S/C13H13F3N2O/c1-9-8-19-5-4-18(9)12-3-2-11(13(14,15)16)6-10(12)7-17/h2-3,6,9H,4-5,8H2,1H3. The molecule has 1 aromatic rings. The molecule has 0 amide bonds. The van der Waals surface area contributed by atoms with E-state index in [0.29, 0.717) is 25.4 Å². The fourth-order valence-electron chi connectivity index (χ4n) is 2.14. The van der Waals surface area contributed by atoms with Crippen LogP contribution in [0.3, 0.4) is 0 Å². The molecule has 1 heterocycles. The number of rotatable bonds is 1. The van der Waals surface area contributed by atoms with Gasteiger partial charge in [0.1, 0.15) is 6.07 Å². The summed E-state index contributed by atoms with van der Waals surface area (Å²) in [6.45, 7) is 3.50. The highest BCUT2D eigenvalue weighted by atomic mass is 19.4. The third-order valence-electron chi connectivity index (χ3n) is 3.12. The van der Waals surface area contributed by atoms with Crippen molar-refractivity contribution in [1.29, 1.82) is 5.26 Å². The highest BCUT2D eigenvalue weighted by Crippen LogP contribution is 2.33. The molecule has 0 aliphatic carbocycles. The van der Waals surface area contributed by atoms with E-state index in [-0.39, 0.29) is 11.6 Å². The van der Waals surface area contributed by atoms with Gasteiger partial charge in [0, 0.05) is 12.6 Å². The maximum Gasteiger partial charge on any atom is 0.416 e. The molecule has 102 valence electrons. The fourth-order valence-corrected chi connectivity index (χ4v) is 2.14. The Hall–Kier alpha value is -1.74. The van der Waals surface area contributed by atoms with Crippen LogP contribution < -0.4 is 4.90 Å². The van der Waals surface area contributed by atoms with Crippen molar-refractivity contribution in [2.45, 2.75) is 19.1 Å². The maximum atomic E-state index is 12.6. The van der Waals surface area contributed by atoms with Gasteiger partial charge >= 0.3 is 6.18 Å². The second-order valence-corrected chi connectivity index (χ2v) is 4.46. The second-order valence-electron chi connectivity index (χ2n) is 4.46. The fraction of sp³-hybridized carbons (Fsp3) is 0.462. The number of nitriles is 1. The lowest BCUT2D eigenvalue weighted by Gasteiger charge is -2.35. The minimum Gasteiger partial charge on any atom is -0.377 e. The molecule has 6 heteroatoms. The van der Waals surface area contributed by atoms with Crippen molar-refractivity contribution < 1.29 is 17.9 Å². The van der Waals surface area contributed by atoms with Gasteiger partial charge < -0.3 is 9.64 Å². The predicted molar refractivity (Wildman–Crippen MR) is 63.8 cm³/mol. The SMILES string of the molecule is CC1COCCN1c1ccc(C(F)(F)F)cc1C#N. The van der Waals surface area contributed by atoms with Crippen LogP contribution in [0, 0.1) is 11.3 Å². The molecule has 0 radical (unpaired) electrons. The monoisotopic (exact) mass is 270 g/mol. The second kappa shape index (κ2) is 5.10. The van der Waals surface area contributed by atoms with Crippen LogP contribution >= 0.6 is 0 Å². The molecule has 0 N–H and O–H groups in total. The molecule has 19 heavy (non-hydrogen) atoms. The molecule has 0 spiro atoms. The van der Waals surface area contributed by atoms with Gasteiger partial charge in [0.25, 0.3) is 0 Å². The number of morpholine rings is 1. The Morgan fingerprint density at radius 3 is 2.74 bits per heavy atom. The van der Waals surface area contributed by atoms with Crippen LogP contribution in [0.2, 0.25) is 0 Å². The van der Waals surface area contributed by atoms with Gasteiger partial charge in [0.15, 0.2) is 0 Å². The first kappa shape index (κ1) is 13.7. The summed E-state index contributed by atoms with van der Waals surface area (Å²) in [5.41, 5.74) is -0.219. The van der Waals surface area contributed by atoms with Gasteiger partial charge in [-0.15, -0.1) is 0 Å². The average Bonchev–Trinajstić information content (AvgIpc) is 2.37. The summed E-state index contributed by atoms with van der Waals surface area (Å²) in [4.78, 5) is 1.90. The molecule has 1 saturated heterocycles. The summed E-state index contributed by atoms with van der Waals surface area (Å²) in [7, 11) is 0. The highest BCUT2D eigenvalue weighted by molar-refractivity contribution is 5.61. The minimum absolute atomic E-state index is 0.0394. The van der Waals surface area contributed by atoms with Crippen LogP contribution in [0.15, 0.2) is 18.2 Å². The molecule has 1 aliphatic rings. The number of hydrogen-bond donors (Lipinski definition) is 0. The van der Waals surface area contributed by atoms with Crippen molar-refractivity contribution in [2.24, 2.45) is 0 Å². The van der Waals surface area contributed by atoms with Gasteiger partial charge in [-0.05, 0) is 25.1 Å². The number of benzene rings is 1. The van der Waals surface area contributed by atoms with Crippen LogP contribution in [-0.2, 0) is 10.9 Å². The molecule has 0 bridgehead atoms. The quantitative estimate of drug-likeness (QED) is 0.787. The Kier molecular flexibility index (Phi) is 3.67. The van der Waals surface area contributed by atoms with E-state index in [1.165, 1.54) is 6.07 Å². The van der Waals surface area contributed by atoms with Crippen molar-refractivity contribution >= 4 is 5.69 Å². The van der Waals surface area contributed by atoms with E-state index >= 15 is 0 Å². The molecule has 1 fully saturated rings. The Labute approximate surface area is 109 Å². The molecule has 1 aliphatic heterocycles. The van der Waals surface area contributed by atoms with E-state index in [4.69, 9.17) is 10.00 Å². The first-order chi connectivity index (χ1) is 8.93. The number of anilines is 1. The Balaban J connectivity index is 2.39. The van der Waals surface area contributed by atoms with Crippen molar-refractivity contribution in [3.63, 3.8) is 0 Å². The van der Waals surface area contributed by atoms with Crippen molar-refractivity contribution in [3.05, 3.63) is 29.3 Å². The van der Waals surface area contributed by atoms with Gasteiger partial charge in [-0.2, -0.15) is 18.4 Å². The lowest BCUT2D eigenvalue weighted by Crippen LogP contribution is -2.44. The molecule has 0 saturated carbocycles. The Bertz CT molecular complexity index is 508. The summed E-state index contributed by atoms with van der Waals surface area (Å²) in [6, 6.07) is 5.16. The first-order valence-corrected chi connectivity index (χ1v) is 5.89. The third kappa shape index (κ3) is 2.82. The number of ether oxygens (including phenoxy) is 1. The van der Waals surface area contributed by atoms with Crippen LogP contribution in [-0.4, -0.2) is 25.8 Å². The average molecular weight is 270 g/mol. The zero-order valence-corrected chi connectivity index (χ0v) is 10.4. The van der Waals surface area contributed by atoms with Crippen molar-refractivity contribution in [2.75, 3.05) is 24.7 Å². The molecule has 1 unspecified atom stereocenters. The summed E-state index contributed by atoms with van der Waals surface area (Å²) >= 11 is 0. The lowest BCUT2D eigenvalue weighted by atomic mass is 10.1. The van der Waals surface area contributed by atoms with Crippen molar-refractivity contribution in [1.82, 2.24) is 0 Å². The molecule has 3 nitrogen and oxygen atoms in total. The predicted octanol–water partition coefficient (Wildman–Crippen LogP) is 2.80. The number of halogens is 3. The normalized spacial score (nSPS) is 20.2. The van der Waals surface area contributed by atoms with Crippen molar-refractivity contribution in [3.8, 4) is 6.07 Å². The van der Waals surface area contributed by atoms with Crippen LogP contribution in [0.1, 0.15) is 18.1 Å². The van der Waals surface area contributed by atoms with Gasteiger partial charge in [0.05, 0.1) is 30.0 Å². The van der Waals surface area contributed by atoms with Crippen LogP contribution in [0.4, 0.5) is 18.9 Å². The van der Waals surface area contributed by atoms with E-state index in [1.807, 2.05) is 17.9 Å². The van der Waals surface area contributed by atoms with Gasteiger partial charge in [-0.25, -0.2) is 0 Å². The number of nitrogens with zero attached hydrogens (tertiary/aromatic N) is 2.